The van der Waals surface area contributed by atoms with Gasteiger partial charge in [-0.15, -0.1) is 23.5 Å². The molecule has 1 aromatic heterocycles. The second-order valence-electron chi connectivity index (χ2n) is 8.65. The molecular weight excluding hydrogens is 512 g/mol. The van der Waals surface area contributed by atoms with Crippen molar-refractivity contribution in [2.24, 2.45) is 0 Å². The van der Waals surface area contributed by atoms with Crippen molar-refractivity contribution in [1.29, 1.82) is 0 Å². The molecule has 2 saturated heterocycles. The monoisotopic (exact) mass is 536 g/mol. The Morgan fingerprint density at radius 1 is 0.757 bits per heavy atom. The third kappa shape index (κ3) is 4.59. The summed E-state index contributed by atoms with van der Waals surface area (Å²) in [4.78, 5) is 65.6. The molecule has 2 aromatic carbocycles. The molecule has 0 N–H and O–H groups in total. The standard InChI is InChI=1S/C27H24N2O6S2/c1-3-36-21-13-23(30)28(25(21)32)17-7-5-15(6-8-17)19-12-16-11-18(9-10-20(16)35-27(19)34)29-24(31)14-22(26(29)33)37-4-2/h5-12,21-22H,3-4,13-14H2,1-2H3. The Kier molecular flexibility index (Phi) is 6.96. The van der Waals surface area contributed by atoms with Gasteiger partial charge in [-0.05, 0) is 53.5 Å². The first-order valence-corrected chi connectivity index (χ1v) is 14.1. The summed E-state index contributed by atoms with van der Waals surface area (Å²) in [6, 6.07) is 13.1. The van der Waals surface area contributed by atoms with Crippen LogP contribution in [0.5, 0.6) is 0 Å². The highest BCUT2D eigenvalue weighted by Crippen LogP contribution is 2.33. The Hall–Kier alpha value is -3.37. The molecule has 2 aliphatic rings. The van der Waals surface area contributed by atoms with Crippen LogP contribution in [0.3, 0.4) is 0 Å². The van der Waals surface area contributed by atoms with E-state index in [1.54, 1.807) is 48.5 Å². The number of imide groups is 2. The molecule has 2 aliphatic heterocycles. The number of thioether (sulfide) groups is 2. The third-order valence-corrected chi connectivity index (χ3v) is 8.56. The van der Waals surface area contributed by atoms with Gasteiger partial charge in [-0.25, -0.2) is 14.6 Å². The summed E-state index contributed by atoms with van der Waals surface area (Å²) in [5.41, 5.74) is 1.51. The molecule has 0 bridgehead atoms. The van der Waals surface area contributed by atoms with E-state index in [0.717, 1.165) is 11.5 Å². The molecule has 3 heterocycles. The average molecular weight is 537 g/mol. The van der Waals surface area contributed by atoms with Crippen LogP contribution in [-0.4, -0.2) is 45.6 Å². The summed E-state index contributed by atoms with van der Waals surface area (Å²) in [7, 11) is 0. The number of benzene rings is 2. The second-order valence-corrected chi connectivity index (χ2v) is 11.6. The molecule has 0 saturated carbocycles. The first-order valence-electron chi connectivity index (χ1n) is 12.0. The number of hydrogen-bond donors (Lipinski definition) is 0. The average Bonchev–Trinajstić information content (AvgIpc) is 3.32. The van der Waals surface area contributed by atoms with Gasteiger partial charge in [-0.1, -0.05) is 26.0 Å². The largest absolute Gasteiger partial charge is 0.422 e. The Bertz CT molecular complexity index is 1480. The van der Waals surface area contributed by atoms with Crippen LogP contribution in [0.25, 0.3) is 22.1 Å². The molecule has 3 aromatic rings. The minimum absolute atomic E-state index is 0.163. The Morgan fingerprint density at radius 2 is 1.30 bits per heavy atom. The van der Waals surface area contributed by atoms with Crippen molar-refractivity contribution in [3.05, 3.63) is 59.0 Å². The van der Waals surface area contributed by atoms with Crippen LogP contribution in [0, 0.1) is 0 Å². The van der Waals surface area contributed by atoms with Crippen LogP contribution < -0.4 is 15.4 Å². The van der Waals surface area contributed by atoms with Crippen LogP contribution in [0.15, 0.2) is 57.7 Å². The number of fused-ring (bicyclic) bond motifs is 1. The van der Waals surface area contributed by atoms with Crippen LogP contribution in [0.4, 0.5) is 11.4 Å². The minimum Gasteiger partial charge on any atom is -0.422 e. The lowest BCUT2D eigenvalue weighted by Crippen LogP contribution is -2.31. The fourth-order valence-electron chi connectivity index (χ4n) is 4.65. The van der Waals surface area contributed by atoms with Crippen molar-refractivity contribution in [2.75, 3.05) is 21.3 Å². The fourth-order valence-corrected chi connectivity index (χ4v) is 6.48. The molecule has 190 valence electrons. The molecule has 2 unspecified atom stereocenters. The second kappa shape index (κ2) is 10.2. The Labute approximate surface area is 221 Å². The molecule has 8 nitrogen and oxygen atoms in total. The number of nitrogens with zero attached hydrogens (tertiary/aromatic N) is 2. The highest BCUT2D eigenvalue weighted by molar-refractivity contribution is 8.00. The molecular formula is C27H24N2O6S2. The number of carbonyl (C=O) groups excluding carboxylic acids is 4. The lowest BCUT2D eigenvalue weighted by atomic mass is 10.0. The van der Waals surface area contributed by atoms with E-state index in [1.165, 1.54) is 33.3 Å². The van der Waals surface area contributed by atoms with Crippen molar-refractivity contribution < 1.29 is 23.6 Å². The van der Waals surface area contributed by atoms with E-state index in [2.05, 4.69) is 0 Å². The van der Waals surface area contributed by atoms with Crippen molar-refractivity contribution >= 4 is 69.5 Å². The van der Waals surface area contributed by atoms with Crippen LogP contribution in [-0.2, 0) is 19.2 Å². The zero-order chi connectivity index (χ0) is 26.3. The molecule has 10 heteroatoms. The van der Waals surface area contributed by atoms with Gasteiger partial charge in [0.05, 0.1) is 27.4 Å². The number of rotatable bonds is 7. The SMILES string of the molecule is CCSC1CC(=O)N(c2ccc(-c3cc4cc(N5C(=O)CC(SCC)C5=O)ccc4oc3=O)cc2)C1=O. The van der Waals surface area contributed by atoms with Crippen molar-refractivity contribution in [3.63, 3.8) is 0 Å². The van der Waals surface area contributed by atoms with Crippen molar-refractivity contribution in [2.45, 2.75) is 37.2 Å². The van der Waals surface area contributed by atoms with Crippen molar-refractivity contribution in [3.8, 4) is 11.1 Å². The zero-order valence-electron chi connectivity index (χ0n) is 20.3. The van der Waals surface area contributed by atoms with E-state index in [0.29, 0.717) is 27.9 Å². The molecule has 0 spiro atoms. The van der Waals surface area contributed by atoms with Crippen LogP contribution in [0.2, 0.25) is 0 Å². The van der Waals surface area contributed by atoms with Gasteiger partial charge < -0.3 is 4.42 Å². The number of amides is 4. The summed E-state index contributed by atoms with van der Waals surface area (Å²) < 4.78 is 5.51. The summed E-state index contributed by atoms with van der Waals surface area (Å²) in [6.45, 7) is 3.89. The van der Waals surface area contributed by atoms with E-state index in [9.17, 15) is 24.0 Å². The molecule has 2 atom stereocenters. The van der Waals surface area contributed by atoms with Gasteiger partial charge in [0.25, 0.3) is 0 Å². The lowest BCUT2D eigenvalue weighted by molar-refractivity contribution is -0.122. The molecule has 2 fully saturated rings. The van der Waals surface area contributed by atoms with Gasteiger partial charge in [-0.2, -0.15) is 0 Å². The fraction of sp³-hybridized carbons (Fsp3) is 0.296. The summed E-state index contributed by atoms with van der Waals surface area (Å²) in [6.07, 6.45) is 0.340. The molecule has 0 radical (unpaired) electrons. The summed E-state index contributed by atoms with van der Waals surface area (Å²) in [5, 5.41) is -0.196. The van der Waals surface area contributed by atoms with Gasteiger partial charge in [0.1, 0.15) is 5.58 Å². The van der Waals surface area contributed by atoms with E-state index in [4.69, 9.17) is 4.42 Å². The normalized spacial score (nSPS) is 20.1. The van der Waals surface area contributed by atoms with E-state index < -0.39 is 5.63 Å². The van der Waals surface area contributed by atoms with E-state index in [-0.39, 0.29) is 52.5 Å². The van der Waals surface area contributed by atoms with Gasteiger partial charge in [0.2, 0.25) is 23.6 Å². The minimum atomic E-state index is -0.548. The number of hydrogen-bond acceptors (Lipinski definition) is 8. The maximum absolute atomic E-state index is 12.8. The molecule has 4 amide bonds. The Morgan fingerprint density at radius 3 is 1.86 bits per heavy atom. The number of carbonyl (C=O) groups is 4. The predicted octanol–water partition coefficient (Wildman–Crippen LogP) is 4.23. The highest BCUT2D eigenvalue weighted by atomic mass is 32.2. The highest BCUT2D eigenvalue weighted by Gasteiger charge is 2.40. The van der Waals surface area contributed by atoms with Gasteiger partial charge in [0.15, 0.2) is 0 Å². The maximum Gasteiger partial charge on any atom is 0.344 e. The van der Waals surface area contributed by atoms with Gasteiger partial charge in [-0.3, -0.25) is 19.2 Å². The smallest absolute Gasteiger partial charge is 0.344 e. The summed E-state index contributed by atoms with van der Waals surface area (Å²) in [5.74, 6) is 0.513. The zero-order valence-corrected chi connectivity index (χ0v) is 21.9. The van der Waals surface area contributed by atoms with Gasteiger partial charge in [0, 0.05) is 18.2 Å². The van der Waals surface area contributed by atoms with Gasteiger partial charge >= 0.3 is 5.63 Å². The lowest BCUT2D eigenvalue weighted by Gasteiger charge is -2.16. The molecule has 5 rings (SSSR count). The maximum atomic E-state index is 12.8. The van der Waals surface area contributed by atoms with Crippen LogP contribution in [0.1, 0.15) is 26.7 Å². The first kappa shape index (κ1) is 25.3. The first-order chi connectivity index (χ1) is 17.8. The van der Waals surface area contributed by atoms with Crippen LogP contribution >= 0.6 is 23.5 Å². The number of anilines is 2. The van der Waals surface area contributed by atoms with E-state index in [1.807, 2.05) is 13.8 Å². The quantitative estimate of drug-likeness (QED) is 0.326. The summed E-state index contributed by atoms with van der Waals surface area (Å²) >= 11 is 2.90. The topological polar surface area (TPSA) is 105 Å². The van der Waals surface area contributed by atoms with Crippen molar-refractivity contribution in [1.82, 2.24) is 0 Å². The predicted molar refractivity (Wildman–Crippen MR) is 146 cm³/mol. The van der Waals surface area contributed by atoms with E-state index >= 15 is 0 Å². The molecule has 37 heavy (non-hydrogen) atoms. The Balaban J connectivity index is 1.45. The molecule has 0 aliphatic carbocycles. The third-order valence-electron chi connectivity index (χ3n) is 6.36.